The normalized spacial score (nSPS) is 14.6. The fourth-order valence-electron chi connectivity index (χ4n) is 1.94. The quantitative estimate of drug-likeness (QED) is 0.609. The maximum atomic E-state index is 11.5. The highest BCUT2D eigenvalue weighted by molar-refractivity contribution is 5.69. The van der Waals surface area contributed by atoms with Crippen LogP contribution in [0.1, 0.15) is 39.5 Å². The Morgan fingerprint density at radius 1 is 1.39 bits per heavy atom. The van der Waals surface area contributed by atoms with Gasteiger partial charge in [-0.25, -0.2) is 0 Å². The first-order valence-electron chi connectivity index (χ1n) is 6.92. The maximum absolute atomic E-state index is 11.5. The van der Waals surface area contributed by atoms with E-state index in [0.29, 0.717) is 24.9 Å². The number of aliphatic hydroxyl groups excluding tert-OH is 1. The van der Waals surface area contributed by atoms with Gasteiger partial charge in [0.05, 0.1) is 6.61 Å². The van der Waals surface area contributed by atoms with E-state index < -0.39 is 0 Å². The fraction of sp³-hybridized carbons (Fsp3) is 0.929. The minimum absolute atomic E-state index is 0.105. The summed E-state index contributed by atoms with van der Waals surface area (Å²) in [5.74, 6) is 0.649. The molecule has 0 spiro atoms. The summed E-state index contributed by atoms with van der Waals surface area (Å²) in [5.41, 5.74) is 0. The van der Waals surface area contributed by atoms with E-state index in [1.165, 1.54) is 0 Å². The summed E-state index contributed by atoms with van der Waals surface area (Å²) in [7, 11) is 3.99. The molecule has 0 aliphatic heterocycles. The molecule has 0 aliphatic rings. The van der Waals surface area contributed by atoms with E-state index >= 15 is 0 Å². The van der Waals surface area contributed by atoms with Crippen molar-refractivity contribution in [1.29, 1.82) is 0 Å². The molecule has 2 unspecified atom stereocenters. The molecule has 0 aromatic rings. The van der Waals surface area contributed by atoms with Gasteiger partial charge >= 0.3 is 5.97 Å². The molecule has 0 aromatic carbocycles. The van der Waals surface area contributed by atoms with Crippen LogP contribution in [0.4, 0.5) is 0 Å². The Morgan fingerprint density at radius 3 is 2.56 bits per heavy atom. The number of esters is 1. The molecule has 2 atom stereocenters. The van der Waals surface area contributed by atoms with Crippen molar-refractivity contribution in [2.75, 3.05) is 33.9 Å². The summed E-state index contributed by atoms with van der Waals surface area (Å²) in [5, 5.41) is 8.91. The van der Waals surface area contributed by atoms with Gasteiger partial charge in [-0.3, -0.25) is 4.79 Å². The number of carbonyl (C=O) groups is 1. The van der Waals surface area contributed by atoms with Crippen molar-refractivity contribution in [3.05, 3.63) is 0 Å². The zero-order chi connectivity index (χ0) is 14.0. The van der Waals surface area contributed by atoms with Crippen LogP contribution in [0.2, 0.25) is 0 Å². The van der Waals surface area contributed by atoms with E-state index in [-0.39, 0.29) is 12.6 Å². The van der Waals surface area contributed by atoms with E-state index in [1.807, 2.05) is 14.1 Å². The van der Waals surface area contributed by atoms with Crippen LogP contribution in [-0.2, 0) is 9.53 Å². The molecule has 18 heavy (non-hydrogen) atoms. The highest BCUT2D eigenvalue weighted by Crippen LogP contribution is 2.19. The summed E-state index contributed by atoms with van der Waals surface area (Å²) >= 11 is 0. The molecule has 108 valence electrons. The van der Waals surface area contributed by atoms with Crippen molar-refractivity contribution in [3.8, 4) is 0 Å². The monoisotopic (exact) mass is 259 g/mol. The minimum atomic E-state index is -0.105. The summed E-state index contributed by atoms with van der Waals surface area (Å²) in [6.45, 7) is 5.79. The van der Waals surface area contributed by atoms with Gasteiger partial charge in [-0.05, 0) is 51.7 Å². The lowest BCUT2D eigenvalue weighted by Gasteiger charge is -2.21. The first-order chi connectivity index (χ1) is 8.51. The van der Waals surface area contributed by atoms with Crippen LogP contribution in [0, 0.1) is 11.8 Å². The zero-order valence-corrected chi connectivity index (χ0v) is 12.3. The van der Waals surface area contributed by atoms with Gasteiger partial charge in [0, 0.05) is 13.0 Å². The summed E-state index contributed by atoms with van der Waals surface area (Å²) in [4.78, 5) is 13.6. The predicted molar refractivity (Wildman–Crippen MR) is 73.4 cm³/mol. The van der Waals surface area contributed by atoms with Crippen molar-refractivity contribution in [1.82, 2.24) is 4.90 Å². The largest absolute Gasteiger partial charge is 0.465 e. The molecule has 0 radical (unpaired) electrons. The topological polar surface area (TPSA) is 49.8 Å². The maximum Gasteiger partial charge on any atom is 0.305 e. The standard InChI is InChI=1S/C14H29NO3/c1-5-13(12(2)8-10-16)11-18-14(17)7-6-9-15(3)4/h12-13,16H,5-11H2,1-4H3. The lowest BCUT2D eigenvalue weighted by atomic mass is 9.90. The molecular formula is C14H29NO3. The van der Waals surface area contributed by atoms with Crippen molar-refractivity contribution in [2.45, 2.75) is 39.5 Å². The Morgan fingerprint density at radius 2 is 2.06 bits per heavy atom. The molecule has 0 fully saturated rings. The number of rotatable bonds is 10. The number of ether oxygens (including phenoxy) is 1. The molecule has 4 nitrogen and oxygen atoms in total. The van der Waals surface area contributed by atoms with Crippen LogP contribution in [0.5, 0.6) is 0 Å². The molecule has 0 aliphatic carbocycles. The molecule has 0 heterocycles. The Kier molecular flexibility index (Phi) is 9.98. The Bertz CT molecular complexity index is 219. The Labute approximate surface area is 111 Å². The number of hydrogen-bond acceptors (Lipinski definition) is 4. The molecule has 0 aromatic heterocycles. The Balaban J connectivity index is 3.80. The van der Waals surface area contributed by atoms with Gasteiger partial charge in [0.2, 0.25) is 0 Å². The van der Waals surface area contributed by atoms with E-state index in [4.69, 9.17) is 9.84 Å². The van der Waals surface area contributed by atoms with Gasteiger partial charge in [-0.1, -0.05) is 13.8 Å². The SMILES string of the molecule is CCC(COC(=O)CCCN(C)C)C(C)CCO. The summed E-state index contributed by atoms with van der Waals surface area (Å²) in [6.07, 6.45) is 3.08. The molecule has 0 saturated heterocycles. The van der Waals surface area contributed by atoms with E-state index in [9.17, 15) is 4.79 Å². The fourth-order valence-corrected chi connectivity index (χ4v) is 1.94. The van der Waals surface area contributed by atoms with E-state index in [2.05, 4.69) is 18.7 Å². The molecule has 4 heteroatoms. The highest BCUT2D eigenvalue weighted by atomic mass is 16.5. The van der Waals surface area contributed by atoms with Crippen LogP contribution in [-0.4, -0.2) is 49.8 Å². The van der Waals surface area contributed by atoms with Crippen LogP contribution < -0.4 is 0 Å². The van der Waals surface area contributed by atoms with Gasteiger partial charge in [0.25, 0.3) is 0 Å². The third kappa shape index (κ3) is 8.48. The van der Waals surface area contributed by atoms with Gasteiger partial charge in [0.15, 0.2) is 0 Å². The van der Waals surface area contributed by atoms with Gasteiger partial charge < -0.3 is 14.7 Å². The van der Waals surface area contributed by atoms with E-state index in [1.54, 1.807) is 0 Å². The summed E-state index contributed by atoms with van der Waals surface area (Å²) < 4.78 is 5.31. The summed E-state index contributed by atoms with van der Waals surface area (Å²) in [6, 6.07) is 0. The second-order valence-electron chi connectivity index (χ2n) is 5.25. The second kappa shape index (κ2) is 10.3. The second-order valence-corrected chi connectivity index (χ2v) is 5.25. The van der Waals surface area contributed by atoms with Crippen molar-refractivity contribution in [3.63, 3.8) is 0 Å². The molecular weight excluding hydrogens is 230 g/mol. The van der Waals surface area contributed by atoms with Crippen LogP contribution >= 0.6 is 0 Å². The lowest BCUT2D eigenvalue weighted by molar-refractivity contribution is -0.145. The average Bonchev–Trinajstić information content (AvgIpc) is 2.29. The van der Waals surface area contributed by atoms with Gasteiger partial charge in [0.1, 0.15) is 0 Å². The van der Waals surface area contributed by atoms with Crippen LogP contribution in [0.25, 0.3) is 0 Å². The first kappa shape index (κ1) is 17.4. The van der Waals surface area contributed by atoms with Crippen LogP contribution in [0.15, 0.2) is 0 Å². The number of hydrogen-bond donors (Lipinski definition) is 1. The number of nitrogens with zero attached hydrogens (tertiary/aromatic N) is 1. The average molecular weight is 259 g/mol. The van der Waals surface area contributed by atoms with Crippen molar-refractivity contribution in [2.24, 2.45) is 11.8 Å². The van der Waals surface area contributed by atoms with Crippen molar-refractivity contribution >= 4 is 5.97 Å². The third-order valence-electron chi connectivity index (χ3n) is 3.36. The highest BCUT2D eigenvalue weighted by Gasteiger charge is 2.17. The van der Waals surface area contributed by atoms with Gasteiger partial charge in [-0.2, -0.15) is 0 Å². The molecule has 0 saturated carbocycles. The first-order valence-corrected chi connectivity index (χ1v) is 6.92. The molecule has 1 N–H and O–H groups in total. The molecule has 0 bridgehead atoms. The third-order valence-corrected chi connectivity index (χ3v) is 3.36. The van der Waals surface area contributed by atoms with Crippen molar-refractivity contribution < 1.29 is 14.6 Å². The molecule has 0 rings (SSSR count). The lowest BCUT2D eigenvalue weighted by Crippen LogP contribution is -2.21. The number of carbonyl (C=O) groups excluding carboxylic acids is 1. The smallest absolute Gasteiger partial charge is 0.305 e. The number of aliphatic hydroxyl groups is 1. The van der Waals surface area contributed by atoms with Gasteiger partial charge in [-0.15, -0.1) is 0 Å². The van der Waals surface area contributed by atoms with Crippen LogP contribution in [0.3, 0.4) is 0 Å². The zero-order valence-electron chi connectivity index (χ0n) is 12.3. The Hall–Kier alpha value is -0.610. The predicted octanol–water partition coefficient (Wildman–Crippen LogP) is 1.92. The minimum Gasteiger partial charge on any atom is -0.465 e. The molecule has 0 amide bonds. The van der Waals surface area contributed by atoms with E-state index in [0.717, 1.165) is 25.8 Å².